The lowest BCUT2D eigenvalue weighted by atomic mass is 10.2. The number of halogens is 1. The van der Waals surface area contributed by atoms with E-state index < -0.39 is 0 Å². The van der Waals surface area contributed by atoms with Crippen molar-refractivity contribution >= 4 is 34.9 Å². The maximum absolute atomic E-state index is 12.7. The molecular weight excluding hydrogens is 370 g/mol. The molecule has 2 N–H and O–H groups in total. The molecule has 2 aliphatic rings. The van der Waals surface area contributed by atoms with Gasteiger partial charge in [-0.05, 0) is 12.1 Å². The summed E-state index contributed by atoms with van der Waals surface area (Å²) in [6.07, 6.45) is 0. The second-order valence-corrected chi connectivity index (χ2v) is 7.01. The van der Waals surface area contributed by atoms with Gasteiger partial charge >= 0.3 is 6.03 Å². The maximum atomic E-state index is 12.7. The third kappa shape index (κ3) is 5.03. The Morgan fingerprint density at radius 2 is 1.81 bits per heavy atom. The number of para-hydroxylation sites is 1. The Bertz CT molecular complexity index is 673. The van der Waals surface area contributed by atoms with E-state index in [0.29, 0.717) is 56.6 Å². The lowest BCUT2D eigenvalue weighted by molar-refractivity contribution is -0.122. The maximum Gasteiger partial charge on any atom is 0.321 e. The second-order valence-electron chi connectivity index (χ2n) is 6.60. The molecule has 1 aromatic rings. The van der Waals surface area contributed by atoms with Crippen LogP contribution in [0.2, 0.25) is 5.02 Å². The van der Waals surface area contributed by atoms with E-state index in [1.165, 1.54) is 0 Å². The summed E-state index contributed by atoms with van der Waals surface area (Å²) in [6.45, 7) is 5.64. The number of morpholine rings is 1. The molecule has 1 aromatic carbocycles. The Balaban J connectivity index is 1.61. The van der Waals surface area contributed by atoms with Crippen LogP contribution in [0.25, 0.3) is 0 Å². The topological polar surface area (TPSA) is 77.2 Å². The summed E-state index contributed by atoms with van der Waals surface area (Å²) in [5.41, 5.74) is 1.55. The van der Waals surface area contributed by atoms with Gasteiger partial charge in [0.05, 0.1) is 36.2 Å². The van der Waals surface area contributed by atoms with Crippen molar-refractivity contribution in [2.75, 3.05) is 76.3 Å². The van der Waals surface area contributed by atoms with Crippen LogP contribution in [0.3, 0.4) is 0 Å². The lowest BCUT2D eigenvalue weighted by Gasteiger charge is -2.35. The van der Waals surface area contributed by atoms with Crippen LogP contribution >= 0.6 is 11.6 Å². The minimum absolute atomic E-state index is 0.0121. The number of rotatable bonds is 4. The molecule has 0 atom stereocenters. The predicted octanol–water partition coefficient (Wildman–Crippen LogP) is 1.07. The summed E-state index contributed by atoms with van der Waals surface area (Å²) in [5, 5.41) is 6.25. The fourth-order valence-electron chi connectivity index (χ4n) is 3.31. The molecule has 0 bridgehead atoms. The summed E-state index contributed by atoms with van der Waals surface area (Å²) >= 11 is 6.42. The molecule has 27 heavy (non-hydrogen) atoms. The molecule has 2 fully saturated rings. The van der Waals surface area contributed by atoms with Crippen LogP contribution in [0.4, 0.5) is 16.2 Å². The first-order valence-electron chi connectivity index (χ1n) is 9.18. The van der Waals surface area contributed by atoms with Crippen LogP contribution in [0.5, 0.6) is 0 Å². The van der Waals surface area contributed by atoms with Crippen molar-refractivity contribution in [3.05, 3.63) is 23.2 Å². The predicted molar refractivity (Wildman–Crippen MR) is 106 cm³/mol. The van der Waals surface area contributed by atoms with Gasteiger partial charge in [0.2, 0.25) is 5.91 Å². The van der Waals surface area contributed by atoms with Gasteiger partial charge in [-0.1, -0.05) is 17.7 Å². The van der Waals surface area contributed by atoms with Gasteiger partial charge in [0, 0.05) is 46.3 Å². The van der Waals surface area contributed by atoms with Crippen molar-refractivity contribution in [1.29, 1.82) is 0 Å². The zero-order valence-corrected chi connectivity index (χ0v) is 16.3. The van der Waals surface area contributed by atoms with Gasteiger partial charge in [0.1, 0.15) is 0 Å². The number of ether oxygens (including phenoxy) is 1. The normalized spacial score (nSPS) is 18.3. The smallest absolute Gasteiger partial charge is 0.321 e. The number of nitrogens with one attached hydrogen (secondary N) is 2. The summed E-state index contributed by atoms with van der Waals surface area (Å²) < 4.78 is 5.41. The Labute approximate surface area is 164 Å². The molecule has 2 saturated heterocycles. The van der Waals surface area contributed by atoms with E-state index in [1.54, 1.807) is 11.9 Å². The Kier molecular flexibility index (Phi) is 6.76. The summed E-state index contributed by atoms with van der Waals surface area (Å²) in [4.78, 5) is 30.2. The minimum atomic E-state index is -0.147. The molecule has 0 saturated carbocycles. The quantitative estimate of drug-likeness (QED) is 0.797. The molecular formula is C18H26ClN5O3. The van der Waals surface area contributed by atoms with Gasteiger partial charge in [0.15, 0.2) is 0 Å². The molecule has 0 aliphatic carbocycles. The zero-order valence-electron chi connectivity index (χ0n) is 15.5. The molecule has 3 rings (SSSR count). The number of anilines is 2. The van der Waals surface area contributed by atoms with Crippen LogP contribution < -0.4 is 15.5 Å². The number of likely N-dealkylation sites (N-methyl/N-ethyl adjacent to an activating group) is 1. The first kappa shape index (κ1) is 19.7. The Morgan fingerprint density at radius 1 is 1.11 bits per heavy atom. The van der Waals surface area contributed by atoms with E-state index in [9.17, 15) is 9.59 Å². The average Bonchev–Trinajstić information content (AvgIpc) is 2.69. The average molecular weight is 396 g/mol. The molecule has 2 heterocycles. The first-order chi connectivity index (χ1) is 13.1. The number of carbonyl (C=O) groups is 2. The van der Waals surface area contributed by atoms with E-state index in [0.717, 1.165) is 18.8 Å². The van der Waals surface area contributed by atoms with E-state index in [-0.39, 0.29) is 11.9 Å². The van der Waals surface area contributed by atoms with E-state index >= 15 is 0 Å². The van der Waals surface area contributed by atoms with Gasteiger partial charge in [-0.3, -0.25) is 9.69 Å². The van der Waals surface area contributed by atoms with Gasteiger partial charge in [-0.2, -0.15) is 0 Å². The third-order valence-electron chi connectivity index (χ3n) is 4.86. The van der Waals surface area contributed by atoms with E-state index in [2.05, 4.69) is 15.5 Å². The molecule has 0 spiro atoms. The lowest BCUT2D eigenvalue weighted by Crippen LogP contribution is -2.52. The highest BCUT2D eigenvalue weighted by Crippen LogP contribution is 2.34. The summed E-state index contributed by atoms with van der Waals surface area (Å²) in [7, 11) is 1.63. The molecule has 0 radical (unpaired) electrons. The van der Waals surface area contributed by atoms with Crippen molar-refractivity contribution in [3.8, 4) is 0 Å². The monoisotopic (exact) mass is 395 g/mol. The van der Waals surface area contributed by atoms with Crippen LogP contribution in [0.15, 0.2) is 18.2 Å². The highest BCUT2D eigenvalue weighted by molar-refractivity contribution is 6.34. The van der Waals surface area contributed by atoms with Gasteiger partial charge in [-0.25, -0.2) is 4.79 Å². The summed E-state index contributed by atoms with van der Waals surface area (Å²) in [5.74, 6) is -0.0121. The Morgan fingerprint density at radius 3 is 2.48 bits per heavy atom. The number of piperazine rings is 1. The van der Waals surface area contributed by atoms with Crippen LogP contribution in [0.1, 0.15) is 0 Å². The second kappa shape index (κ2) is 9.25. The first-order valence-corrected chi connectivity index (χ1v) is 9.56. The molecule has 148 valence electrons. The minimum Gasteiger partial charge on any atom is -0.378 e. The van der Waals surface area contributed by atoms with Crippen molar-refractivity contribution < 1.29 is 14.3 Å². The molecule has 0 aromatic heterocycles. The number of hydrogen-bond acceptors (Lipinski definition) is 5. The zero-order chi connectivity index (χ0) is 19.2. The molecule has 3 amide bonds. The number of benzene rings is 1. The largest absolute Gasteiger partial charge is 0.378 e. The number of carbonyl (C=O) groups excluding carboxylic acids is 2. The van der Waals surface area contributed by atoms with Gasteiger partial charge < -0.3 is 25.2 Å². The van der Waals surface area contributed by atoms with E-state index in [4.69, 9.17) is 16.3 Å². The number of hydrogen-bond donors (Lipinski definition) is 2. The van der Waals surface area contributed by atoms with Crippen molar-refractivity contribution in [2.45, 2.75) is 0 Å². The fraction of sp³-hybridized carbons (Fsp3) is 0.556. The SMILES string of the molecule is CNC(=O)CN1CCN(C(=O)Nc2cccc(Cl)c2N2CCOCC2)CC1. The number of urea groups is 1. The van der Waals surface area contributed by atoms with Crippen molar-refractivity contribution in [2.24, 2.45) is 0 Å². The molecule has 0 unspecified atom stereocenters. The van der Waals surface area contributed by atoms with Gasteiger partial charge in [-0.15, -0.1) is 0 Å². The van der Waals surface area contributed by atoms with Crippen LogP contribution in [-0.2, 0) is 9.53 Å². The van der Waals surface area contributed by atoms with Crippen LogP contribution in [0, 0.1) is 0 Å². The van der Waals surface area contributed by atoms with Crippen LogP contribution in [-0.4, -0.2) is 87.8 Å². The molecule has 8 nitrogen and oxygen atoms in total. The third-order valence-corrected chi connectivity index (χ3v) is 5.17. The molecule has 9 heteroatoms. The standard InChI is InChI=1S/C18H26ClN5O3/c1-20-16(25)13-22-5-7-24(8-6-22)18(26)21-15-4-2-3-14(19)17(15)23-9-11-27-12-10-23/h2-4H,5-13H2,1H3,(H,20,25)(H,21,26). The summed E-state index contributed by atoms with van der Waals surface area (Å²) in [6, 6.07) is 5.39. The van der Waals surface area contributed by atoms with E-state index in [1.807, 2.05) is 23.1 Å². The Hall–Kier alpha value is -2.03. The highest BCUT2D eigenvalue weighted by Gasteiger charge is 2.24. The number of amides is 3. The fourth-order valence-corrected chi connectivity index (χ4v) is 3.60. The van der Waals surface area contributed by atoms with Crippen molar-refractivity contribution in [1.82, 2.24) is 15.1 Å². The van der Waals surface area contributed by atoms with Crippen molar-refractivity contribution in [3.63, 3.8) is 0 Å². The van der Waals surface area contributed by atoms with Gasteiger partial charge in [0.25, 0.3) is 0 Å². The number of nitrogens with zero attached hydrogens (tertiary/aromatic N) is 3. The molecule has 2 aliphatic heterocycles. The highest BCUT2D eigenvalue weighted by atomic mass is 35.5.